The Morgan fingerprint density at radius 1 is 1.14 bits per heavy atom. The Balaban J connectivity index is 1.77. The predicted octanol–water partition coefficient (Wildman–Crippen LogP) is 2.99. The van der Waals surface area contributed by atoms with Gasteiger partial charge in [0, 0.05) is 31.1 Å². The van der Waals surface area contributed by atoms with Gasteiger partial charge < -0.3 is 10.2 Å². The largest absolute Gasteiger partial charge is 0.352 e. The highest BCUT2D eigenvalue weighted by Gasteiger charge is 2.23. The molecule has 0 aliphatic heterocycles. The summed E-state index contributed by atoms with van der Waals surface area (Å²) in [4.78, 5) is 26.3. The molecule has 1 N–H and O–H groups in total. The Hall–Kier alpha value is -1.84. The maximum atomic E-state index is 12.4. The molecule has 0 bridgehead atoms. The summed E-state index contributed by atoms with van der Waals surface area (Å²) in [6, 6.07) is 9.50. The number of hydrogen-bond donors (Lipinski definition) is 1. The average Bonchev–Trinajstić information content (AvgIpc) is 2.57. The first-order valence-electron chi connectivity index (χ1n) is 8.35. The highest BCUT2D eigenvalue weighted by atomic mass is 16.2. The van der Waals surface area contributed by atoms with Gasteiger partial charge in [0.15, 0.2) is 0 Å². The van der Waals surface area contributed by atoms with E-state index in [4.69, 9.17) is 0 Å². The fraction of sp³-hybridized carbons (Fsp3) is 0.556. The third-order valence-corrected chi connectivity index (χ3v) is 4.34. The van der Waals surface area contributed by atoms with Gasteiger partial charge in [-0.2, -0.15) is 0 Å². The van der Waals surface area contributed by atoms with Gasteiger partial charge in [0.05, 0.1) is 0 Å². The maximum absolute atomic E-state index is 12.4. The van der Waals surface area contributed by atoms with Crippen molar-refractivity contribution in [2.45, 2.75) is 51.5 Å². The topological polar surface area (TPSA) is 49.4 Å². The molecule has 0 spiro atoms. The van der Waals surface area contributed by atoms with Gasteiger partial charge in [-0.25, -0.2) is 0 Å². The van der Waals surface area contributed by atoms with Crippen molar-refractivity contribution in [1.82, 2.24) is 10.2 Å². The fourth-order valence-electron chi connectivity index (χ4n) is 3.15. The van der Waals surface area contributed by atoms with Crippen LogP contribution in [0.5, 0.6) is 0 Å². The molecule has 4 heteroatoms. The lowest BCUT2D eigenvalue weighted by atomic mass is 9.94. The zero-order valence-electron chi connectivity index (χ0n) is 13.4. The number of hydrogen-bond acceptors (Lipinski definition) is 2. The van der Waals surface area contributed by atoms with Crippen molar-refractivity contribution < 1.29 is 9.59 Å². The molecule has 0 radical (unpaired) electrons. The van der Waals surface area contributed by atoms with Crippen LogP contribution in [-0.2, 0) is 4.79 Å². The number of benzene rings is 1. The molecule has 0 unspecified atom stereocenters. The molecule has 0 saturated heterocycles. The van der Waals surface area contributed by atoms with E-state index < -0.39 is 0 Å². The Bertz CT molecular complexity index is 481. The van der Waals surface area contributed by atoms with Gasteiger partial charge in [0.1, 0.15) is 0 Å². The molecule has 2 amide bonds. The minimum Gasteiger partial charge on any atom is -0.352 e. The van der Waals surface area contributed by atoms with E-state index in [2.05, 4.69) is 5.32 Å². The van der Waals surface area contributed by atoms with E-state index in [1.165, 1.54) is 19.3 Å². The molecule has 1 aromatic carbocycles. The smallest absolute Gasteiger partial charge is 0.251 e. The van der Waals surface area contributed by atoms with Gasteiger partial charge in [-0.1, -0.05) is 37.5 Å². The molecule has 120 valence electrons. The zero-order valence-corrected chi connectivity index (χ0v) is 13.4. The van der Waals surface area contributed by atoms with Crippen LogP contribution in [0.4, 0.5) is 0 Å². The number of nitrogens with one attached hydrogen (secondary N) is 1. The van der Waals surface area contributed by atoms with E-state index in [1.54, 1.807) is 12.1 Å². The van der Waals surface area contributed by atoms with Gasteiger partial charge in [-0.3, -0.25) is 9.59 Å². The van der Waals surface area contributed by atoms with Crippen molar-refractivity contribution in [3.05, 3.63) is 35.9 Å². The summed E-state index contributed by atoms with van der Waals surface area (Å²) in [5.74, 6) is 0.0388. The van der Waals surface area contributed by atoms with Gasteiger partial charge in [0.25, 0.3) is 5.91 Å². The van der Waals surface area contributed by atoms with Crippen LogP contribution in [0.25, 0.3) is 0 Å². The van der Waals surface area contributed by atoms with Gasteiger partial charge in [-0.05, 0) is 31.9 Å². The van der Waals surface area contributed by atoms with Crippen molar-refractivity contribution in [1.29, 1.82) is 0 Å². The van der Waals surface area contributed by atoms with Crippen molar-refractivity contribution in [3.63, 3.8) is 0 Å². The predicted molar refractivity (Wildman–Crippen MR) is 87.7 cm³/mol. The van der Waals surface area contributed by atoms with Crippen LogP contribution in [0.15, 0.2) is 30.3 Å². The third kappa shape index (κ3) is 4.58. The van der Waals surface area contributed by atoms with E-state index in [9.17, 15) is 9.59 Å². The molecule has 4 nitrogen and oxygen atoms in total. The molecular formula is C18H26N2O2. The van der Waals surface area contributed by atoms with Crippen molar-refractivity contribution >= 4 is 11.8 Å². The van der Waals surface area contributed by atoms with Crippen LogP contribution in [0.3, 0.4) is 0 Å². The zero-order chi connectivity index (χ0) is 15.8. The standard InChI is InChI=1S/C18H26N2O2/c1-2-20(16-11-7-4-8-12-16)17(21)13-14-19-18(22)15-9-5-3-6-10-15/h3,5-6,9-10,16H,2,4,7-8,11-14H2,1H3,(H,19,22). The molecule has 0 heterocycles. The van der Waals surface area contributed by atoms with E-state index in [1.807, 2.05) is 30.0 Å². The summed E-state index contributed by atoms with van der Waals surface area (Å²) in [7, 11) is 0. The molecule has 0 atom stereocenters. The quantitative estimate of drug-likeness (QED) is 0.878. The first-order chi connectivity index (χ1) is 10.7. The highest BCUT2D eigenvalue weighted by molar-refractivity contribution is 5.94. The summed E-state index contributed by atoms with van der Waals surface area (Å²) in [6.45, 7) is 3.20. The Kier molecular flexibility index (Phi) is 6.44. The van der Waals surface area contributed by atoms with Crippen LogP contribution < -0.4 is 5.32 Å². The van der Waals surface area contributed by atoms with Crippen LogP contribution in [-0.4, -0.2) is 35.8 Å². The molecule has 2 rings (SSSR count). The van der Waals surface area contributed by atoms with Crippen molar-refractivity contribution in [2.24, 2.45) is 0 Å². The Morgan fingerprint density at radius 2 is 1.82 bits per heavy atom. The van der Waals surface area contributed by atoms with E-state index in [-0.39, 0.29) is 11.8 Å². The first kappa shape index (κ1) is 16.5. The van der Waals surface area contributed by atoms with Crippen LogP contribution in [0.2, 0.25) is 0 Å². The molecular weight excluding hydrogens is 276 g/mol. The lowest BCUT2D eigenvalue weighted by Gasteiger charge is -2.33. The van der Waals surface area contributed by atoms with E-state index >= 15 is 0 Å². The second-order valence-electron chi connectivity index (χ2n) is 5.84. The second-order valence-corrected chi connectivity index (χ2v) is 5.84. The Morgan fingerprint density at radius 3 is 2.45 bits per heavy atom. The van der Waals surface area contributed by atoms with Crippen LogP contribution in [0.1, 0.15) is 55.8 Å². The number of carbonyl (C=O) groups excluding carboxylic acids is 2. The van der Waals surface area contributed by atoms with Crippen LogP contribution in [0, 0.1) is 0 Å². The first-order valence-corrected chi connectivity index (χ1v) is 8.35. The van der Waals surface area contributed by atoms with Crippen molar-refractivity contribution in [2.75, 3.05) is 13.1 Å². The molecule has 1 fully saturated rings. The monoisotopic (exact) mass is 302 g/mol. The van der Waals surface area contributed by atoms with Gasteiger partial charge in [0.2, 0.25) is 5.91 Å². The minimum absolute atomic E-state index is 0.117. The average molecular weight is 302 g/mol. The van der Waals surface area contributed by atoms with E-state index in [0.717, 1.165) is 19.4 Å². The number of nitrogens with zero attached hydrogens (tertiary/aromatic N) is 1. The van der Waals surface area contributed by atoms with Gasteiger partial charge in [-0.15, -0.1) is 0 Å². The normalized spacial score (nSPS) is 15.3. The summed E-state index contributed by atoms with van der Waals surface area (Å²) >= 11 is 0. The lowest BCUT2D eigenvalue weighted by Crippen LogP contribution is -2.42. The SMILES string of the molecule is CCN(C(=O)CCNC(=O)c1ccccc1)C1CCCCC1. The molecule has 1 saturated carbocycles. The molecule has 1 aliphatic rings. The molecule has 22 heavy (non-hydrogen) atoms. The van der Waals surface area contributed by atoms with Crippen molar-refractivity contribution in [3.8, 4) is 0 Å². The number of amides is 2. The molecule has 1 aliphatic carbocycles. The number of rotatable bonds is 6. The summed E-state index contributed by atoms with van der Waals surface area (Å²) in [5, 5.41) is 2.83. The third-order valence-electron chi connectivity index (χ3n) is 4.34. The summed E-state index contributed by atoms with van der Waals surface area (Å²) < 4.78 is 0. The number of carbonyl (C=O) groups is 2. The highest BCUT2D eigenvalue weighted by Crippen LogP contribution is 2.22. The molecule has 0 aromatic heterocycles. The van der Waals surface area contributed by atoms with E-state index in [0.29, 0.717) is 24.6 Å². The summed E-state index contributed by atoms with van der Waals surface area (Å²) in [6.07, 6.45) is 6.35. The second kappa shape index (κ2) is 8.57. The lowest BCUT2D eigenvalue weighted by molar-refractivity contribution is -0.133. The fourth-order valence-corrected chi connectivity index (χ4v) is 3.15. The van der Waals surface area contributed by atoms with Crippen LogP contribution >= 0.6 is 0 Å². The molecule has 1 aromatic rings. The van der Waals surface area contributed by atoms with Gasteiger partial charge >= 0.3 is 0 Å². The minimum atomic E-state index is -0.117. The Labute approximate surface area is 132 Å². The maximum Gasteiger partial charge on any atom is 0.251 e. The summed E-state index contributed by atoms with van der Waals surface area (Å²) in [5.41, 5.74) is 0.634.